The van der Waals surface area contributed by atoms with E-state index in [0.717, 1.165) is 60.4 Å². The molecule has 0 aliphatic carbocycles. The second-order valence-corrected chi connectivity index (χ2v) is 8.65. The molecule has 34 heavy (non-hydrogen) atoms. The van der Waals surface area contributed by atoms with Crippen molar-refractivity contribution in [2.75, 3.05) is 0 Å². The molecule has 0 amide bonds. The molecular formula is C27H17MnN4O2. The molecule has 0 fully saturated rings. The Kier molecular flexibility index (Phi) is 4.80. The minimum atomic E-state index is -0.952. The van der Waals surface area contributed by atoms with E-state index >= 15 is 0 Å². The topological polar surface area (TPSA) is 94.7 Å². The van der Waals surface area contributed by atoms with E-state index in [1.54, 1.807) is 12.1 Å². The van der Waals surface area contributed by atoms with E-state index in [1.165, 1.54) is 0 Å². The third kappa shape index (κ3) is 3.77. The number of rotatable bonds is 2. The molecule has 3 N–H and O–H groups in total. The fourth-order valence-electron chi connectivity index (χ4n) is 4.11. The number of aromatic carboxylic acids is 1. The Bertz CT molecular complexity index is 1690. The molecule has 8 bridgehead atoms. The zero-order valence-corrected chi connectivity index (χ0v) is 18.9. The van der Waals surface area contributed by atoms with Crippen molar-refractivity contribution >= 4 is 56.8 Å². The summed E-state index contributed by atoms with van der Waals surface area (Å²) in [4.78, 5) is 27.6. The number of carbonyl (C=O) groups is 1. The van der Waals surface area contributed by atoms with Gasteiger partial charge < -0.3 is 0 Å². The van der Waals surface area contributed by atoms with Gasteiger partial charge in [0.05, 0.1) is 0 Å². The van der Waals surface area contributed by atoms with Crippen molar-refractivity contribution in [1.29, 1.82) is 0 Å². The Morgan fingerprint density at radius 3 is 1.79 bits per heavy atom. The number of hydrogen-bond donors (Lipinski definition) is 3. The average Bonchev–Trinajstić information content (AvgIpc) is 3.60. The number of nitrogens with zero attached hydrogens (tertiary/aromatic N) is 2. The van der Waals surface area contributed by atoms with Gasteiger partial charge in [-0.05, 0) is 0 Å². The number of benzene rings is 1. The zero-order chi connectivity index (χ0) is 23.2. The van der Waals surface area contributed by atoms with Crippen LogP contribution in [0.3, 0.4) is 0 Å². The molecule has 2 aliphatic heterocycles. The molecule has 0 radical (unpaired) electrons. The third-order valence-electron chi connectivity index (χ3n) is 5.70. The first kappa shape index (κ1) is 20.4. The van der Waals surface area contributed by atoms with Crippen molar-refractivity contribution in [3.05, 3.63) is 89.0 Å². The molecule has 1 aromatic carbocycles. The Balaban J connectivity index is 1.66. The van der Waals surface area contributed by atoms with E-state index < -0.39 is 5.97 Å². The van der Waals surface area contributed by atoms with E-state index in [1.807, 2.05) is 72.8 Å². The third-order valence-corrected chi connectivity index (χ3v) is 6.32. The molecule has 7 heteroatoms. The molecule has 0 spiro atoms. The van der Waals surface area contributed by atoms with Gasteiger partial charge >= 0.3 is 203 Å². The summed E-state index contributed by atoms with van der Waals surface area (Å²) in [5.74, 6) is -0.952. The number of carboxylic acids is 1. The molecule has 5 heterocycles. The molecule has 2 aliphatic rings. The van der Waals surface area contributed by atoms with Gasteiger partial charge in [0.1, 0.15) is 0 Å². The van der Waals surface area contributed by atoms with Crippen molar-refractivity contribution in [2.24, 2.45) is 0 Å². The summed E-state index contributed by atoms with van der Waals surface area (Å²) in [6.07, 6.45) is 7.90. The van der Waals surface area contributed by atoms with Crippen LogP contribution in [0.4, 0.5) is 0 Å². The first-order chi connectivity index (χ1) is 16.5. The van der Waals surface area contributed by atoms with Gasteiger partial charge in [0.15, 0.2) is 0 Å². The van der Waals surface area contributed by atoms with Gasteiger partial charge in [0.2, 0.25) is 0 Å². The summed E-state index contributed by atoms with van der Waals surface area (Å²) < 4.78 is 0.867. The van der Waals surface area contributed by atoms with Gasteiger partial charge in [0.25, 0.3) is 0 Å². The maximum atomic E-state index is 11.3. The van der Waals surface area contributed by atoms with Crippen LogP contribution in [0.2, 0.25) is 0 Å². The van der Waals surface area contributed by atoms with Crippen LogP contribution in [0.25, 0.3) is 57.5 Å². The quantitative estimate of drug-likeness (QED) is 0.295. The fourth-order valence-corrected chi connectivity index (χ4v) is 4.60. The Labute approximate surface area is 202 Å². The number of H-pyrrole nitrogens is 2. The van der Waals surface area contributed by atoms with Gasteiger partial charge in [0, 0.05) is 0 Å². The van der Waals surface area contributed by atoms with Crippen LogP contribution in [0, 0.1) is 0 Å². The van der Waals surface area contributed by atoms with Gasteiger partial charge in [-0.1, -0.05) is 0 Å². The molecule has 6 nitrogen and oxygen atoms in total. The van der Waals surface area contributed by atoms with Crippen LogP contribution < -0.4 is 4.46 Å². The predicted molar refractivity (Wildman–Crippen MR) is 131 cm³/mol. The summed E-state index contributed by atoms with van der Waals surface area (Å²) in [5.41, 5.74) is 9.06. The SMILES string of the molecule is O=C(O)c1ccc(-c2[c]([Mn])c3cc4nc(cc5ccc(cc6nc(cc2[nH]3)C=C6)[nH]5)C=C4)cc1. The van der Waals surface area contributed by atoms with Crippen molar-refractivity contribution in [2.45, 2.75) is 0 Å². The van der Waals surface area contributed by atoms with Crippen LogP contribution in [0.5, 0.6) is 0 Å². The summed E-state index contributed by atoms with van der Waals surface area (Å²) in [6.45, 7) is 0. The van der Waals surface area contributed by atoms with Gasteiger partial charge in [-0.25, -0.2) is 0 Å². The number of carboxylic acid groups (broad SMARTS) is 1. The Morgan fingerprint density at radius 2 is 1.24 bits per heavy atom. The Morgan fingerprint density at radius 1 is 0.706 bits per heavy atom. The molecule has 164 valence electrons. The first-order valence-corrected chi connectivity index (χ1v) is 11.2. The molecule has 3 aromatic heterocycles. The van der Waals surface area contributed by atoms with E-state index in [-0.39, 0.29) is 5.56 Å². The predicted octanol–water partition coefficient (Wildman–Crippen LogP) is 5.19. The molecule has 0 saturated carbocycles. The molecule has 6 rings (SSSR count). The maximum absolute atomic E-state index is 11.3. The van der Waals surface area contributed by atoms with Crippen molar-refractivity contribution in [3.8, 4) is 11.1 Å². The monoisotopic (exact) mass is 484 g/mol. The van der Waals surface area contributed by atoms with E-state index in [4.69, 9.17) is 9.97 Å². The van der Waals surface area contributed by atoms with Crippen LogP contribution in [-0.4, -0.2) is 31.0 Å². The van der Waals surface area contributed by atoms with Crippen molar-refractivity contribution in [3.63, 3.8) is 0 Å². The van der Waals surface area contributed by atoms with Crippen LogP contribution in [-0.2, 0) is 16.0 Å². The summed E-state index contributed by atoms with van der Waals surface area (Å²) in [7, 11) is 0. The number of aromatic amines is 2. The minimum absolute atomic E-state index is 0.244. The second kappa shape index (κ2) is 7.99. The van der Waals surface area contributed by atoms with E-state index in [2.05, 4.69) is 26.0 Å². The fraction of sp³-hybridized carbons (Fsp3) is 0. The number of nitrogens with one attached hydrogen (secondary N) is 2. The van der Waals surface area contributed by atoms with Gasteiger partial charge in [-0.15, -0.1) is 0 Å². The number of hydrogen-bond acceptors (Lipinski definition) is 3. The molecule has 0 unspecified atom stereocenters. The molecular weight excluding hydrogens is 467 g/mol. The van der Waals surface area contributed by atoms with Crippen LogP contribution in [0.15, 0.2) is 60.7 Å². The molecule has 4 aromatic rings. The van der Waals surface area contributed by atoms with E-state index in [0.29, 0.717) is 0 Å². The second-order valence-electron chi connectivity index (χ2n) is 8.06. The summed E-state index contributed by atoms with van der Waals surface area (Å²) in [5, 5.41) is 9.27. The van der Waals surface area contributed by atoms with Crippen molar-refractivity contribution in [1.82, 2.24) is 19.9 Å². The summed E-state index contributed by atoms with van der Waals surface area (Å²) >= 11 is 3.76. The van der Waals surface area contributed by atoms with Gasteiger partial charge in [-0.3, -0.25) is 0 Å². The first-order valence-electron chi connectivity index (χ1n) is 10.6. The number of aromatic nitrogens is 4. The van der Waals surface area contributed by atoms with Crippen LogP contribution in [0.1, 0.15) is 33.1 Å². The molecule has 0 saturated heterocycles. The standard InChI is InChI=1S/C27H17N4O2.Mn/c32-27(33)17-3-1-16(2-4-17)25-14-24-13-22-8-7-20(29-22)11-18-5-6-19(28-18)12-21-9-10-23(30-21)15-26(25)31-24;/h1-13,15,28,31H,(H,32,33);. The van der Waals surface area contributed by atoms with Gasteiger partial charge in [-0.2, -0.15) is 0 Å². The Hall–Kier alpha value is -4.19. The normalized spacial score (nSPS) is 12.3. The van der Waals surface area contributed by atoms with Crippen molar-refractivity contribution < 1.29 is 25.9 Å². The van der Waals surface area contributed by atoms with Crippen LogP contribution >= 0.6 is 0 Å². The molecule has 0 atom stereocenters. The van der Waals surface area contributed by atoms with E-state index in [9.17, 15) is 9.90 Å². The zero-order valence-electron chi connectivity index (χ0n) is 17.7. The average molecular weight is 484 g/mol. The summed E-state index contributed by atoms with van der Waals surface area (Å²) in [6, 6.07) is 18.9. The number of fused-ring (bicyclic) bond motifs is 8.